The second-order valence-corrected chi connectivity index (χ2v) is 11.8. The Morgan fingerprint density at radius 1 is 0.732 bits per heavy atom. The minimum atomic E-state index is -0.00861. The van der Waals surface area contributed by atoms with Crippen LogP contribution in [0.5, 0.6) is 0 Å². The maximum absolute atomic E-state index is 5.13. The Morgan fingerprint density at radius 2 is 1.37 bits per heavy atom. The molecule has 0 bridgehead atoms. The van der Waals surface area contributed by atoms with Crippen molar-refractivity contribution in [2.75, 3.05) is 0 Å². The Kier molecular flexibility index (Phi) is 5.17. The lowest BCUT2D eigenvalue weighted by molar-refractivity contribution is 0.608. The van der Waals surface area contributed by atoms with Gasteiger partial charge in [0.2, 0.25) is 5.95 Å². The van der Waals surface area contributed by atoms with Gasteiger partial charge in [-0.15, -0.1) is 0 Å². The highest BCUT2D eigenvalue weighted by Gasteiger charge is 2.44. The lowest BCUT2D eigenvalue weighted by Crippen LogP contribution is -2.20. The number of hydrogen-bond acceptors (Lipinski definition) is 3. The van der Waals surface area contributed by atoms with E-state index in [4.69, 9.17) is 15.0 Å². The van der Waals surface area contributed by atoms with E-state index in [1.165, 1.54) is 38.9 Å². The van der Waals surface area contributed by atoms with Crippen molar-refractivity contribution in [2.24, 2.45) is 0 Å². The van der Waals surface area contributed by atoms with Crippen LogP contribution in [-0.2, 0) is 11.8 Å². The summed E-state index contributed by atoms with van der Waals surface area (Å²) in [6.07, 6.45) is 3.38. The van der Waals surface area contributed by atoms with Gasteiger partial charge in [-0.05, 0) is 36.6 Å². The Bertz CT molecular complexity index is 1940. The molecular formula is C37H30N4. The number of rotatable bonds is 3. The maximum atomic E-state index is 5.13. The van der Waals surface area contributed by atoms with Crippen LogP contribution in [0.2, 0.25) is 0 Å². The van der Waals surface area contributed by atoms with Gasteiger partial charge in [-0.3, -0.25) is 4.57 Å². The van der Waals surface area contributed by atoms with Gasteiger partial charge in [0, 0.05) is 39.1 Å². The number of hydrogen-bond donors (Lipinski definition) is 0. The summed E-state index contributed by atoms with van der Waals surface area (Å²) in [7, 11) is 0. The van der Waals surface area contributed by atoms with E-state index < -0.39 is 0 Å². The van der Waals surface area contributed by atoms with Crippen molar-refractivity contribution in [3.05, 3.63) is 137 Å². The van der Waals surface area contributed by atoms with Gasteiger partial charge >= 0.3 is 0 Å². The van der Waals surface area contributed by atoms with Crippen molar-refractivity contribution >= 4 is 17.0 Å². The first-order valence-corrected chi connectivity index (χ1v) is 14.3. The van der Waals surface area contributed by atoms with Gasteiger partial charge < -0.3 is 0 Å². The average molecular weight is 531 g/mol. The van der Waals surface area contributed by atoms with Crippen LogP contribution >= 0.6 is 0 Å². The summed E-state index contributed by atoms with van der Waals surface area (Å²) >= 11 is 0. The van der Waals surface area contributed by atoms with Gasteiger partial charge in [0.1, 0.15) is 0 Å². The summed E-state index contributed by atoms with van der Waals surface area (Å²) in [5.41, 5.74) is 11.2. The summed E-state index contributed by atoms with van der Waals surface area (Å²) in [5.74, 6) is 2.35. The monoisotopic (exact) mass is 530 g/mol. The van der Waals surface area contributed by atoms with Crippen molar-refractivity contribution in [3.63, 3.8) is 0 Å². The predicted octanol–water partition coefficient (Wildman–Crippen LogP) is 8.47. The van der Waals surface area contributed by atoms with Crippen LogP contribution in [0.25, 0.3) is 45.7 Å². The van der Waals surface area contributed by atoms with Gasteiger partial charge in [0.25, 0.3) is 0 Å². The average Bonchev–Trinajstić information content (AvgIpc) is 3.45. The number of fused-ring (bicyclic) bond motifs is 6. The molecule has 0 fully saturated rings. The number of benzene rings is 4. The number of nitrogens with zero attached hydrogens (tertiary/aromatic N) is 4. The number of aromatic nitrogens is 4. The van der Waals surface area contributed by atoms with Gasteiger partial charge in [-0.2, -0.15) is 9.97 Å². The van der Waals surface area contributed by atoms with Crippen LogP contribution in [0.15, 0.2) is 109 Å². The van der Waals surface area contributed by atoms with Gasteiger partial charge in [-0.1, -0.05) is 122 Å². The predicted molar refractivity (Wildman–Crippen MR) is 166 cm³/mol. The fourth-order valence-electron chi connectivity index (χ4n) is 6.95. The quantitative estimate of drug-likeness (QED) is 0.230. The third-order valence-electron chi connectivity index (χ3n) is 8.96. The van der Waals surface area contributed by atoms with E-state index in [1.54, 1.807) is 0 Å². The molecule has 0 saturated heterocycles. The fourth-order valence-corrected chi connectivity index (χ4v) is 6.95. The maximum Gasteiger partial charge on any atom is 0.238 e. The minimum absolute atomic E-state index is 0.00861. The van der Waals surface area contributed by atoms with E-state index in [9.17, 15) is 0 Å². The lowest BCUT2D eigenvalue weighted by Gasteiger charge is -2.28. The molecule has 0 spiro atoms. The first kappa shape index (κ1) is 24.0. The molecule has 6 aromatic rings. The molecule has 0 saturated carbocycles. The van der Waals surface area contributed by atoms with Crippen LogP contribution < -0.4 is 0 Å². The molecule has 41 heavy (non-hydrogen) atoms. The Morgan fingerprint density at radius 3 is 2.05 bits per heavy atom. The number of aryl methyl sites for hydroxylation is 1. The zero-order chi connectivity index (χ0) is 27.7. The fraction of sp³-hybridized carbons (Fsp3) is 0.162. The normalized spacial score (nSPS) is 16.7. The second kappa shape index (κ2) is 8.84. The molecule has 2 aromatic heterocycles. The van der Waals surface area contributed by atoms with Crippen LogP contribution in [-0.4, -0.2) is 19.5 Å². The van der Waals surface area contributed by atoms with Crippen LogP contribution in [0, 0.1) is 6.92 Å². The largest absolute Gasteiger partial charge is 0.282 e. The number of allylic oxidation sites excluding steroid dienone is 1. The summed E-state index contributed by atoms with van der Waals surface area (Å²) in [5, 5.41) is 1.25. The van der Waals surface area contributed by atoms with Gasteiger partial charge in [0.15, 0.2) is 11.6 Å². The molecule has 198 valence electrons. The first-order valence-electron chi connectivity index (χ1n) is 14.3. The van der Waals surface area contributed by atoms with Crippen molar-refractivity contribution in [3.8, 4) is 28.7 Å². The molecule has 4 aromatic carbocycles. The van der Waals surface area contributed by atoms with Crippen LogP contribution in [0.4, 0.5) is 0 Å². The van der Waals surface area contributed by atoms with Crippen molar-refractivity contribution in [2.45, 2.75) is 38.5 Å². The SMILES string of the molecule is Cc1ccc2c(c1)c1c(n2-c2nc(-c3ccccc3)nc(-c3ccccc3)n2)CC2C(=C1)C(C)(C)c1ccccc12. The summed E-state index contributed by atoms with van der Waals surface area (Å²) < 4.78 is 2.30. The summed E-state index contributed by atoms with van der Waals surface area (Å²) in [6.45, 7) is 6.91. The van der Waals surface area contributed by atoms with E-state index >= 15 is 0 Å². The first-order chi connectivity index (χ1) is 20.0. The van der Waals surface area contributed by atoms with E-state index in [0.29, 0.717) is 23.5 Å². The highest BCUT2D eigenvalue weighted by atomic mass is 15.2. The van der Waals surface area contributed by atoms with E-state index in [2.05, 4.69) is 98.1 Å². The van der Waals surface area contributed by atoms with Crippen LogP contribution in [0.3, 0.4) is 0 Å². The highest BCUT2D eigenvalue weighted by molar-refractivity contribution is 5.95. The zero-order valence-corrected chi connectivity index (χ0v) is 23.5. The molecule has 2 aliphatic carbocycles. The molecule has 4 heteroatoms. The second-order valence-electron chi connectivity index (χ2n) is 11.8. The topological polar surface area (TPSA) is 43.6 Å². The molecule has 0 N–H and O–H groups in total. The molecule has 1 unspecified atom stereocenters. The molecule has 4 nitrogen and oxygen atoms in total. The van der Waals surface area contributed by atoms with Crippen molar-refractivity contribution in [1.82, 2.24) is 19.5 Å². The van der Waals surface area contributed by atoms with E-state index in [-0.39, 0.29) is 5.41 Å². The smallest absolute Gasteiger partial charge is 0.238 e. The van der Waals surface area contributed by atoms with Crippen LogP contribution in [0.1, 0.15) is 47.7 Å². The molecule has 0 amide bonds. The van der Waals surface area contributed by atoms with Gasteiger partial charge in [-0.25, -0.2) is 4.98 Å². The summed E-state index contributed by atoms with van der Waals surface area (Å²) in [4.78, 5) is 15.2. The van der Waals surface area contributed by atoms with Crippen molar-refractivity contribution in [1.29, 1.82) is 0 Å². The molecule has 8 rings (SSSR count). The molecule has 2 aliphatic rings. The Hall–Kier alpha value is -4.83. The molecule has 0 aliphatic heterocycles. The molecular weight excluding hydrogens is 500 g/mol. The third kappa shape index (κ3) is 3.64. The lowest BCUT2D eigenvalue weighted by atomic mass is 9.76. The van der Waals surface area contributed by atoms with E-state index in [0.717, 1.165) is 23.1 Å². The van der Waals surface area contributed by atoms with E-state index in [1.807, 2.05) is 36.4 Å². The summed E-state index contributed by atoms with van der Waals surface area (Å²) in [6, 6.07) is 36.1. The molecule has 0 radical (unpaired) electrons. The Labute approximate surface area is 240 Å². The standard InChI is InChI=1S/C37H30N4/c1-23-18-19-32-28(20-23)29-21-31-27(26-16-10-11-17-30(26)37(31,2)3)22-33(29)41(32)36-39-34(24-12-6-4-7-13-24)38-35(40-36)25-14-8-5-9-15-25/h4-21,27H,22H2,1-3H3. The highest BCUT2D eigenvalue weighted by Crippen LogP contribution is 2.55. The molecule has 1 atom stereocenters. The molecule has 2 heterocycles. The third-order valence-corrected chi connectivity index (χ3v) is 8.96. The minimum Gasteiger partial charge on any atom is -0.282 e. The van der Waals surface area contributed by atoms with Crippen molar-refractivity contribution < 1.29 is 0 Å². The Balaban J connectivity index is 1.42. The zero-order valence-electron chi connectivity index (χ0n) is 23.5. The van der Waals surface area contributed by atoms with Gasteiger partial charge in [0.05, 0.1) is 5.52 Å².